The monoisotopic (exact) mass is 227 g/mol. The second kappa shape index (κ2) is 4.77. The number of benzene rings is 1. The van der Waals surface area contributed by atoms with Gasteiger partial charge in [-0.1, -0.05) is 29.8 Å². The van der Waals surface area contributed by atoms with E-state index in [1.54, 1.807) is 6.92 Å². The molecule has 0 saturated heterocycles. The number of sulfonamides is 1. The molecule has 0 aliphatic heterocycles. The van der Waals surface area contributed by atoms with Gasteiger partial charge in [0.15, 0.2) is 0 Å². The fourth-order valence-corrected chi connectivity index (χ4v) is 2.12. The first-order valence-electron chi connectivity index (χ1n) is 5.01. The normalized spacial score (nSPS) is 13.8. The first-order valence-corrected chi connectivity index (χ1v) is 6.66. The average Bonchev–Trinajstić information content (AvgIpc) is 2.18. The number of nitrogens with one attached hydrogen (secondary N) is 1. The lowest BCUT2D eigenvalue weighted by molar-refractivity contribution is 0.568. The maximum absolute atomic E-state index is 11.3. The Balaban J connectivity index is 2.78. The molecule has 0 amide bonds. The molecule has 0 aliphatic rings. The second-order valence-electron chi connectivity index (χ2n) is 3.65. The summed E-state index contributed by atoms with van der Waals surface area (Å²) in [6, 6.07) is 7.67. The van der Waals surface area contributed by atoms with Crippen LogP contribution in [0, 0.1) is 6.92 Å². The van der Waals surface area contributed by atoms with Crippen molar-refractivity contribution in [3.63, 3.8) is 0 Å². The first kappa shape index (κ1) is 12.2. The maximum Gasteiger partial charge on any atom is 0.211 e. The van der Waals surface area contributed by atoms with Crippen LogP contribution >= 0.6 is 0 Å². The van der Waals surface area contributed by atoms with E-state index in [4.69, 9.17) is 0 Å². The van der Waals surface area contributed by atoms with Crippen molar-refractivity contribution in [1.82, 2.24) is 4.72 Å². The van der Waals surface area contributed by atoms with E-state index in [1.165, 1.54) is 5.56 Å². The van der Waals surface area contributed by atoms with E-state index in [-0.39, 0.29) is 11.8 Å². The van der Waals surface area contributed by atoms with Crippen LogP contribution < -0.4 is 4.72 Å². The molecule has 1 aromatic rings. The molecule has 0 aliphatic carbocycles. The molecule has 0 radical (unpaired) electrons. The van der Waals surface area contributed by atoms with Crippen LogP contribution in [0.1, 0.15) is 31.0 Å². The van der Waals surface area contributed by atoms with Gasteiger partial charge in [0.05, 0.1) is 5.75 Å². The van der Waals surface area contributed by atoms with Crippen molar-refractivity contribution in [3.8, 4) is 0 Å². The summed E-state index contributed by atoms with van der Waals surface area (Å²) in [5.41, 5.74) is 2.15. The van der Waals surface area contributed by atoms with Crippen molar-refractivity contribution in [2.45, 2.75) is 26.8 Å². The molecule has 15 heavy (non-hydrogen) atoms. The minimum atomic E-state index is -3.13. The van der Waals surface area contributed by atoms with E-state index in [9.17, 15) is 8.42 Å². The van der Waals surface area contributed by atoms with E-state index in [0.717, 1.165) is 5.56 Å². The van der Waals surface area contributed by atoms with Gasteiger partial charge in [-0.15, -0.1) is 0 Å². The van der Waals surface area contributed by atoms with Crippen LogP contribution in [0.5, 0.6) is 0 Å². The predicted octanol–water partition coefficient (Wildman–Crippen LogP) is 2.00. The van der Waals surface area contributed by atoms with Gasteiger partial charge in [0.25, 0.3) is 0 Å². The highest BCUT2D eigenvalue weighted by molar-refractivity contribution is 7.89. The third kappa shape index (κ3) is 3.64. The molecule has 0 heterocycles. The van der Waals surface area contributed by atoms with Gasteiger partial charge in [-0.25, -0.2) is 13.1 Å². The van der Waals surface area contributed by atoms with Crippen molar-refractivity contribution in [2.24, 2.45) is 0 Å². The standard InChI is InChI=1S/C11H17NO2S/c1-4-15(13,14)12-10(3)11-7-5-9(2)6-8-11/h5-8,10,12H,4H2,1-3H3/t10-/m1/s1. The van der Waals surface area contributed by atoms with Gasteiger partial charge in [0.1, 0.15) is 0 Å². The van der Waals surface area contributed by atoms with Gasteiger partial charge in [0.2, 0.25) is 10.0 Å². The molecular formula is C11H17NO2S. The quantitative estimate of drug-likeness (QED) is 0.855. The molecule has 0 fully saturated rings. The Morgan fingerprint density at radius 1 is 1.27 bits per heavy atom. The van der Waals surface area contributed by atoms with Crippen molar-refractivity contribution in [3.05, 3.63) is 35.4 Å². The van der Waals surface area contributed by atoms with Crippen LogP contribution in [0.15, 0.2) is 24.3 Å². The summed E-state index contributed by atoms with van der Waals surface area (Å²) in [6.45, 7) is 5.48. The number of hydrogen-bond donors (Lipinski definition) is 1. The fourth-order valence-electron chi connectivity index (χ4n) is 1.28. The highest BCUT2D eigenvalue weighted by Crippen LogP contribution is 2.13. The summed E-state index contributed by atoms with van der Waals surface area (Å²) in [4.78, 5) is 0. The Kier molecular flexibility index (Phi) is 3.88. The fraction of sp³-hybridized carbons (Fsp3) is 0.455. The molecular weight excluding hydrogens is 210 g/mol. The maximum atomic E-state index is 11.3. The van der Waals surface area contributed by atoms with E-state index >= 15 is 0 Å². The van der Waals surface area contributed by atoms with Crippen LogP contribution in [-0.4, -0.2) is 14.2 Å². The van der Waals surface area contributed by atoms with E-state index in [0.29, 0.717) is 0 Å². The van der Waals surface area contributed by atoms with Gasteiger partial charge in [-0.3, -0.25) is 0 Å². The van der Waals surface area contributed by atoms with Gasteiger partial charge in [-0.05, 0) is 26.3 Å². The van der Waals surface area contributed by atoms with Gasteiger partial charge < -0.3 is 0 Å². The molecule has 1 rings (SSSR count). The van der Waals surface area contributed by atoms with Crippen LogP contribution in [-0.2, 0) is 10.0 Å². The Morgan fingerprint density at radius 2 is 1.80 bits per heavy atom. The van der Waals surface area contributed by atoms with Crippen molar-refractivity contribution in [1.29, 1.82) is 0 Å². The van der Waals surface area contributed by atoms with Gasteiger partial charge in [0, 0.05) is 6.04 Å². The van der Waals surface area contributed by atoms with E-state index in [1.807, 2.05) is 38.1 Å². The highest BCUT2D eigenvalue weighted by Gasteiger charge is 2.12. The summed E-state index contributed by atoms with van der Waals surface area (Å²) in [5.74, 6) is 0.114. The SMILES string of the molecule is CCS(=O)(=O)N[C@H](C)c1ccc(C)cc1. The van der Waals surface area contributed by atoms with Crippen LogP contribution in [0.3, 0.4) is 0 Å². The molecule has 0 saturated carbocycles. The second-order valence-corrected chi connectivity index (χ2v) is 5.70. The first-order chi connectivity index (χ1) is 6.94. The summed E-state index contributed by atoms with van der Waals surface area (Å²) in [6.07, 6.45) is 0. The molecule has 3 nitrogen and oxygen atoms in total. The number of rotatable bonds is 4. The molecule has 84 valence electrons. The number of aryl methyl sites for hydroxylation is 1. The third-order valence-electron chi connectivity index (χ3n) is 2.31. The van der Waals surface area contributed by atoms with Crippen LogP contribution in [0.25, 0.3) is 0 Å². The molecule has 4 heteroatoms. The molecule has 1 aromatic carbocycles. The molecule has 0 unspecified atom stereocenters. The largest absolute Gasteiger partial charge is 0.212 e. The minimum absolute atomic E-state index is 0.114. The summed E-state index contributed by atoms with van der Waals surface area (Å²) in [5, 5.41) is 0. The number of hydrogen-bond acceptors (Lipinski definition) is 2. The third-order valence-corrected chi connectivity index (χ3v) is 3.79. The predicted molar refractivity (Wildman–Crippen MR) is 62.2 cm³/mol. The topological polar surface area (TPSA) is 46.2 Å². The smallest absolute Gasteiger partial charge is 0.211 e. The van der Waals surface area contributed by atoms with Gasteiger partial charge >= 0.3 is 0 Å². The van der Waals surface area contributed by atoms with Crippen molar-refractivity contribution < 1.29 is 8.42 Å². The Labute approximate surface area is 91.6 Å². The summed E-state index contributed by atoms with van der Waals surface area (Å²) >= 11 is 0. The average molecular weight is 227 g/mol. The lowest BCUT2D eigenvalue weighted by Gasteiger charge is -2.13. The lowest BCUT2D eigenvalue weighted by Crippen LogP contribution is -2.28. The molecule has 1 atom stereocenters. The molecule has 1 N–H and O–H groups in total. The van der Waals surface area contributed by atoms with E-state index < -0.39 is 10.0 Å². The summed E-state index contributed by atoms with van der Waals surface area (Å²) in [7, 11) is -3.13. The zero-order valence-corrected chi connectivity index (χ0v) is 10.1. The molecule has 0 aromatic heterocycles. The Bertz CT molecular complexity index is 409. The van der Waals surface area contributed by atoms with Crippen LogP contribution in [0.2, 0.25) is 0 Å². The minimum Gasteiger partial charge on any atom is -0.212 e. The van der Waals surface area contributed by atoms with Crippen LogP contribution in [0.4, 0.5) is 0 Å². The van der Waals surface area contributed by atoms with Gasteiger partial charge in [-0.2, -0.15) is 0 Å². The Hall–Kier alpha value is -0.870. The zero-order valence-electron chi connectivity index (χ0n) is 9.32. The Morgan fingerprint density at radius 3 is 2.27 bits per heavy atom. The molecule has 0 bridgehead atoms. The van der Waals surface area contributed by atoms with Crippen molar-refractivity contribution in [2.75, 3.05) is 5.75 Å². The molecule has 0 spiro atoms. The zero-order chi connectivity index (χ0) is 11.5. The lowest BCUT2D eigenvalue weighted by atomic mass is 10.1. The highest BCUT2D eigenvalue weighted by atomic mass is 32.2. The van der Waals surface area contributed by atoms with Crippen molar-refractivity contribution >= 4 is 10.0 Å². The van der Waals surface area contributed by atoms with E-state index in [2.05, 4.69) is 4.72 Å². The summed E-state index contributed by atoms with van der Waals surface area (Å²) < 4.78 is 25.3.